The predicted molar refractivity (Wildman–Crippen MR) is 73.9 cm³/mol. The Morgan fingerprint density at radius 1 is 1.21 bits per heavy atom. The Morgan fingerprint density at radius 2 is 1.84 bits per heavy atom. The lowest BCUT2D eigenvalue weighted by Gasteiger charge is -2.39. The molecule has 4 nitrogen and oxygen atoms in total. The van der Waals surface area contributed by atoms with Gasteiger partial charge < -0.3 is 14.7 Å². The summed E-state index contributed by atoms with van der Waals surface area (Å²) in [6, 6.07) is 0. The SMILES string of the molecule is CC(C)(C)OC(=O)N1CC[C@@H](O)[C@H](C2CCCC2)C1. The molecule has 0 unspecified atom stereocenters. The summed E-state index contributed by atoms with van der Waals surface area (Å²) >= 11 is 0. The van der Waals surface area contributed by atoms with Gasteiger partial charge in [-0.05, 0) is 33.1 Å². The Balaban J connectivity index is 1.94. The third-order valence-electron chi connectivity index (χ3n) is 4.28. The van der Waals surface area contributed by atoms with E-state index < -0.39 is 5.60 Å². The molecule has 4 heteroatoms. The normalized spacial score (nSPS) is 29.6. The van der Waals surface area contributed by atoms with Gasteiger partial charge in [-0.1, -0.05) is 25.7 Å². The molecule has 0 aromatic carbocycles. The second kappa shape index (κ2) is 5.70. The second-order valence-corrected chi connectivity index (χ2v) is 6.99. The molecule has 0 spiro atoms. The standard InChI is InChI=1S/C15H27NO3/c1-15(2,3)19-14(18)16-9-8-13(17)12(10-16)11-6-4-5-7-11/h11-13,17H,4-10H2,1-3H3/t12-,13+/m0/s1. The Kier molecular flexibility index (Phi) is 4.39. The molecule has 2 fully saturated rings. The molecule has 1 aliphatic carbocycles. The van der Waals surface area contributed by atoms with Crippen LogP contribution in [0.5, 0.6) is 0 Å². The van der Waals surface area contributed by atoms with Crippen molar-refractivity contribution < 1.29 is 14.6 Å². The number of likely N-dealkylation sites (tertiary alicyclic amines) is 1. The third kappa shape index (κ3) is 3.85. The van der Waals surface area contributed by atoms with E-state index in [0.29, 0.717) is 25.4 Å². The maximum atomic E-state index is 12.1. The minimum Gasteiger partial charge on any atom is -0.444 e. The van der Waals surface area contributed by atoms with Crippen molar-refractivity contribution in [2.45, 2.75) is 64.6 Å². The monoisotopic (exact) mass is 269 g/mol. The summed E-state index contributed by atoms with van der Waals surface area (Å²) in [7, 11) is 0. The topological polar surface area (TPSA) is 49.8 Å². The molecule has 110 valence electrons. The Morgan fingerprint density at radius 3 is 2.42 bits per heavy atom. The van der Waals surface area contributed by atoms with Gasteiger partial charge in [0.05, 0.1) is 6.10 Å². The molecule has 2 atom stereocenters. The number of carbonyl (C=O) groups excluding carboxylic acids is 1. The van der Waals surface area contributed by atoms with Gasteiger partial charge in [0, 0.05) is 19.0 Å². The lowest BCUT2D eigenvalue weighted by molar-refractivity contribution is -0.0214. The number of piperidine rings is 1. The van der Waals surface area contributed by atoms with Gasteiger partial charge in [0.15, 0.2) is 0 Å². The molecule has 1 saturated heterocycles. The lowest BCUT2D eigenvalue weighted by Crippen LogP contribution is -2.49. The molecule has 2 rings (SSSR count). The fraction of sp³-hybridized carbons (Fsp3) is 0.933. The first-order valence-corrected chi connectivity index (χ1v) is 7.53. The highest BCUT2D eigenvalue weighted by Crippen LogP contribution is 2.36. The highest BCUT2D eigenvalue weighted by Gasteiger charge is 2.37. The van der Waals surface area contributed by atoms with Gasteiger partial charge in [-0.15, -0.1) is 0 Å². The zero-order chi connectivity index (χ0) is 14.0. The van der Waals surface area contributed by atoms with Gasteiger partial charge in [0.2, 0.25) is 0 Å². The maximum absolute atomic E-state index is 12.1. The van der Waals surface area contributed by atoms with Gasteiger partial charge in [-0.3, -0.25) is 0 Å². The number of hydrogen-bond acceptors (Lipinski definition) is 3. The smallest absolute Gasteiger partial charge is 0.410 e. The Hall–Kier alpha value is -0.770. The van der Waals surface area contributed by atoms with E-state index in [1.54, 1.807) is 4.90 Å². The largest absolute Gasteiger partial charge is 0.444 e. The van der Waals surface area contributed by atoms with Gasteiger partial charge in [0.25, 0.3) is 0 Å². The average Bonchev–Trinajstić information content (AvgIpc) is 2.80. The van der Waals surface area contributed by atoms with Gasteiger partial charge >= 0.3 is 6.09 Å². The minimum absolute atomic E-state index is 0.234. The van der Waals surface area contributed by atoms with E-state index in [2.05, 4.69) is 0 Å². The first kappa shape index (κ1) is 14.6. The molecule has 19 heavy (non-hydrogen) atoms. The molecule has 0 radical (unpaired) electrons. The zero-order valence-electron chi connectivity index (χ0n) is 12.4. The van der Waals surface area contributed by atoms with Crippen molar-refractivity contribution in [2.75, 3.05) is 13.1 Å². The number of aliphatic hydroxyl groups excluding tert-OH is 1. The Bertz CT molecular complexity index is 318. The lowest BCUT2D eigenvalue weighted by atomic mass is 9.82. The first-order valence-electron chi connectivity index (χ1n) is 7.53. The predicted octanol–water partition coefficient (Wildman–Crippen LogP) is 2.79. The van der Waals surface area contributed by atoms with Crippen LogP contribution in [0.1, 0.15) is 52.9 Å². The van der Waals surface area contributed by atoms with Crippen LogP contribution in [0.3, 0.4) is 0 Å². The molecule has 1 amide bonds. The summed E-state index contributed by atoms with van der Waals surface area (Å²) in [5, 5.41) is 10.2. The molecule has 1 N–H and O–H groups in total. The van der Waals surface area contributed by atoms with Crippen LogP contribution in [-0.4, -0.2) is 40.9 Å². The number of carbonyl (C=O) groups is 1. The van der Waals surface area contributed by atoms with Crippen molar-refractivity contribution >= 4 is 6.09 Å². The summed E-state index contributed by atoms with van der Waals surface area (Å²) in [4.78, 5) is 13.9. The zero-order valence-corrected chi connectivity index (χ0v) is 12.4. The number of rotatable bonds is 1. The van der Waals surface area contributed by atoms with E-state index in [1.807, 2.05) is 20.8 Å². The molecule has 1 aliphatic heterocycles. The molecule has 0 aromatic heterocycles. The summed E-state index contributed by atoms with van der Waals surface area (Å²) in [5.41, 5.74) is -0.448. The number of aliphatic hydroxyl groups is 1. The maximum Gasteiger partial charge on any atom is 0.410 e. The summed E-state index contributed by atoms with van der Waals surface area (Å²) in [6.45, 7) is 6.93. The van der Waals surface area contributed by atoms with Crippen molar-refractivity contribution in [3.63, 3.8) is 0 Å². The van der Waals surface area contributed by atoms with Gasteiger partial charge in [0.1, 0.15) is 5.60 Å². The van der Waals surface area contributed by atoms with Crippen LogP contribution in [-0.2, 0) is 4.74 Å². The fourth-order valence-electron chi connectivity index (χ4n) is 3.31. The van der Waals surface area contributed by atoms with E-state index >= 15 is 0 Å². The summed E-state index contributed by atoms with van der Waals surface area (Å²) < 4.78 is 5.43. The van der Waals surface area contributed by atoms with Crippen LogP contribution in [0.4, 0.5) is 4.79 Å². The number of amides is 1. The van der Waals surface area contributed by atoms with Gasteiger partial charge in [-0.2, -0.15) is 0 Å². The summed E-state index contributed by atoms with van der Waals surface area (Å²) in [6.07, 6.45) is 5.12. The highest BCUT2D eigenvalue weighted by atomic mass is 16.6. The van der Waals surface area contributed by atoms with Crippen molar-refractivity contribution in [2.24, 2.45) is 11.8 Å². The van der Waals surface area contributed by atoms with E-state index in [4.69, 9.17) is 4.74 Å². The van der Waals surface area contributed by atoms with Gasteiger partial charge in [-0.25, -0.2) is 4.79 Å². The first-order chi connectivity index (χ1) is 8.87. The van der Waals surface area contributed by atoms with E-state index in [9.17, 15) is 9.90 Å². The Labute approximate surface area is 116 Å². The van der Waals surface area contributed by atoms with Crippen molar-refractivity contribution in [3.8, 4) is 0 Å². The quantitative estimate of drug-likeness (QED) is 0.796. The number of ether oxygens (including phenoxy) is 1. The van der Waals surface area contributed by atoms with Crippen LogP contribution in [0.25, 0.3) is 0 Å². The van der Waals surface area contributed by atoms with Crippen LogP contribution < -0.4 is 0 Å². The van der Waals surface area contributed by atoms with Crippen LogP contribution in [0.2, 0.25) is 0 Å². The minimum atomic E-state index is -0.448. The molecule has 2 aliphatic rings. The van der Waals surface area contributed by atoms with E-state index in [-0.39, 0.29) is 18.1 Å². The number of nitrogens with zero attached hydrogens (tertiary/aromatic N) is 1. The fourth-order valence-corrected chi connectivity index (χ4v) is 3.31. The number of hydrogen-bond donors (Lipinski definition) is 1. The third-order valence-corrected chi connectivity index (χ3v) is 4.28. The van der Waals surface area contributed by atoms with Crippen LogP contribution in [0.15, 0.2) is 0 Å². The highest BCUT2D eigenvalue weighted by molar-refractivity contribution is 5.68. The van der Waals surface area contributed by atoms with Crippen LogP contribution >= 0.6 is 0 Å². The molecular weight excluding hydrogens is 242 g/mol. The molecule has 1 saturated carbocycles. The molecule has 0 aromatic rings. The van der Waals surface area contributed by atoms with E-state index in [0.717, 1.165) is 0 Å². The molecular formula is C15H27NO3. The van der Waals surface area contributed by atoms with E-state index in [1.165, 1.54) is 25.7 Å². The molecule has 0 bridgehead atoms. The summed E-state index contributed by atoms with van der Waals surface area (Å²) in [5.74, 6) is 0.823. The second-order valence-electron chi connectivity index (χ2n) is 6.99. The van der Waals surface area contributed by atoms with Crippen molar-refractivity contribution in [3.05, 3.63) is 0 Å². The average molecular weight is 269 g/mol. The van der Waals surface area contributed by atoms with Crippen molar-refractivity contribution in [1.82, 2.24) is 4.90 Å². The van der Waals surface area contributed by atoms with Crippen LogP contribution in [0, 0.1) is 11.8 Å². The van der Waals surface area contributed by atoms with Crippen molar-refractivity contribution in [1.29, 1.82) is 0 Å². The molecule has 1 heterocycles.